The van der Waals surface area contributed by atoms with Gasteiger partial charge in [0, 0.05) is 18.4 Å². The molecule has 0 aliphatic rings. The number of carbonyl (C=O) groups is 1. The third-order valence-electron chi connectivity index (χ3n) is 4.63. The van der Waals surface area contributed by atoms with E-state index in [1.165, 1.54) is 17.8 Å². The van der Waals surface area contributed by atoms with Crippen LogP contribution in [0.25, 0.3) is 11.0 Å². The third kappa shape index (κ3) is 3.95. The first kappa shape index (κ1) is 19.0. The third-order valence-corrected chi connectivity index (χ3v) is 5.71. The zero-order chi connectivity index (χ0) is 20.4. The monoisotopic (exact) mass is 406 g/mol. The van der Waals surface area contributed by atoms with Crippen LogP contribution in [0, 0.1) is 5.82 Å². The number of aromatic nitrogens is 2. The van der Waals surface area contributed by atoms with Gasteiger partial charge >= 0.3 is 0 Å². The molecule has 146 valence electrons. The van der Waals surface area contributed by atoms with E-state index in [1.807, 2.05) is 35.9 Å². The first-order chi connectivity index (χ1) is 14.0. The van der Waals surface area contributed by atoms with Gasteiger partial charge in [-0.15, -0.1) is 0 Å². The van der Waals surface area contributed by atoms with Gasteiger partial charge in [-0.3, -0.25) is 4.79 Å². The first-order valence-electron chi connectivity index (χ1n) is 9.01. The molecule has 1 amide bonds. The minimum Gasteiger partial charge on any atom is -0.397 e. The average Bonchev–Trinajstić information content (AvgIpc) is 3.04. The van der Waals surface area contributed by atoms with Gasteiger partial charge in [0.1, 0.15) is 5.82 Å². The number of para-hydroxylation sites is 4. The van der Waals surface area contributed by atoms with E-state index in [-0.39, 0.29) is 5.56 Å². The zero-order valence-electron chi connectivity index (χ0n) is 15.7. The zero-order valence-corrected chi connectivity index (χ0v) is 16.5. The Hall–Kier alpha value is -3.32. The van der Waals surface area contributed by atoms with Crippen molar-refractivity contribution in [1.29, 1.82) is 0 Å². The van der Waals surface area contributed by atoms with Gasteiger partial charge in [0.2, 0.25) is 0 Å². The highest BCUT2D eigenvalue weighted by atomic mass is 32.2. The minimum atomic E-state index is -0.426. The number of fused-ring (bicyclic) bond motifs is 1. The van der Waals surface area contributed by atoms with E-state index >= 15 is 0 Å². The maximum atomic E-state index is 14.6. The number of nitrogens with two attached hydrogens (primary N) is 1. The highest BCUT2D eigenvalue weighted by molar-refractivity contribution is 7.98. The number of nitrogens with zero attached hydrogens (tertiary/aromatic N) is 2. The fourth-order valence-electron chi connectivity index (χ4n) is 3.01. The molecule has 0 atom stereocenters. The van der Waals surface area contributed by atoms with E-state index in [4.69, 9.17) is 5.73 Å². The molecule has 0 radical (unpaired) electrons. The lowest BCUT2D eigenvalue weighted by molar-refractivity contribution is 0.102. The maximum Gasteiger partial charge on any atom is 0.255 e. The van der Waals surface area contributed by atoms with Crippen LogP contribution in [0.5, 0.6) is 0 Å². The Balaban J connectivity index is 1.47. The van der Waals surface area contributed by atoms with Crippen LogP contribution in [0.15, 0.2) is 71.9 Å². The molecule has 0 fully saturated rings. The number of nitrogens with one attached hydrogen (secondary N) is 1. The SMILES string of the molecule is Cn1c(SCc2ccc(C(=O)Nc3ccccc3N)cc2F)nc2ccccc21. The summed E-state index contributed by atoms with van der Waals surface area (Å²) in [4.78, 5) is 17.0. The molecule has 0 saturated heterocycles. The summed E-state index contributed by atoms with van der Waals surface area (Å²) < 4.78 is 16.6. The van der Waals surface area contributed by atoms with Crippen molar-refractivity contribution < 1.29 is 9.18 Å². The molecule has 3 aromatic carbocycles. The Morgan fingerprint density at radius 1 is 1.14 bits per heavy atom. The molecule has 29 heavy (non-hydrogen) atoms. The topological polar surface area (TPSA) is 72.9 Å². The molecule has 4 aromatic rings. The van der Waals surface area contributed by atoms with Crippen molar-refractivity contribution in [1.82, 2.24) is 9.55 Å². The van der Waals surface area contributed by atoms with Gasteiger partial charge < -0.3 is 15.6 Å². The quantitative estimate of drug-likeness (QED) is 0.367. The number of hydrogen-bond acceptors (Lipinski definition) is 4. The van der Waals surface area contributed by atoms with Gasteiger partial charge in [0.15, 0.2) is 5.16 Å². The fraction of sp³-hybridized carbons (Fsp3) is 0.0909. The van der Waals surface area contributed by atoms with E-state index in [0.29, 0.717) is 22.7 Å². The number of amides is 1. The lowest BCUT2D eigenvalue weighted by atomic mass is 10.1. The number of hydrogen-bond donors (Lipinski definition) is 2. The summed E-state index contributed by atoms with van der Waals surface area (Å²) in [7, 11) is 1.94. The molecule has 4 rings (SSSR count). The molecule has 7 heteroatoms. The van der Waals surface area contributed by atoms with Crippen molar-refractivity contribution >= 4 is 40.1 Å². The van der Waals surface area contributed by atoms with Crippen molar-refractivity contribution in [3.8, 4) is 0 Å². The van der Waals surface area contributed by atoms with Crippen LogP contribution in [-0.4, -0.2) is 15.5 Å². The smallest absolute Gasteiger partial charge is 0.255 e. The normalized spacial score (nSPS) is 11.0. The fourth-order valence-corrected chi connectivity index (χ4v) is 3.98. The molecule has 0 aliphatic carbocycles. The molecule has 0 saturated carbocycles. The van der Waals surface area contributed by atoms with Crippen molar-refractivity contribution in [3.05, 3.63) is 83.7 Å². The van der Waals surface area contributed by atoms with Gasteiger partial charge in [0.05, 0.1) is 22.4 Å². The second kappa shape index (κ2) is 7.97. The van der Waals surface area contributed by atoms with Crippen molar-refractivity contribution in [2.24, 2.45) is 7.05 Å². The van der Waals surface area contributed by atoms with Crippen LogP contribution < -0.4 is 11.1 Å². The summed E-state index contributed by atoms with van der Waals surface area (Å²) in [6, 6.07) is 19.3. The summed E-state index contributed by atoms with van der Waals surface area (Å²) in [5.41, 5.74) is 9.48. The van der Waals surface area contributed by atoms with E-state index in [0.717, 1.165) is 16.2 Å². The highest BCUT2D eigenvalue weighted by Gasteiger charge is 2.13. The van der Waals surface area contributed by atoms with Crippen LogP contribution in [0.2, 0.25) is 0 Å². The van der Waals surface area contributed by atoms with Crippen LogP contribution in [0.4, 0.5) is 15.8 Å². The standard InChI is InChI=1S/C22H19FN4OS/c1-27-20-9-5-4-8-19(20)26-22(27)29-13-15-11-10-14(12-16(15)23)21(28)25-18-7-3-2-6-17(18)24/h2-12H,13,24H2,1H3,(H,25,28). The van der Waals surface area contributed by atoms with Crippen LogP contribution in [0.3, 0.4) is 0 Å². The Kier molecular flexibility index (Phi) is 5.22. The van der Waals surface area contributed by atoms with Crippen molar-refractivity contribution in [3.63, 3.8) is 0 Å². The van der Waals surface area contributed by atoms with Gasteiger partial charge in [-0.1, -0.05) is 42.1 Å². The molecule has 1 aromatic heterocycles. The molecular formula is C22H19FN4OS. The lowest BCUT2D eigenvalue weighted by Gasteiger charge is -2.09. The second-order valence-corrected chi connectivity index (χ2v) is 7.52. The number of anilines is 2. The summed E-state index contributed by atoms with van der Waals surface area (Å²) in [5, 5.41) is 3.52. The second-order valence-electron chi connectivity index (χ2n) is 6.58. The minimum absolute atomic E-state index is 0.238. The van der Waals surface area contributed by atoms with Crippen molar-refractivity contribution in [2.75, 3.05) is 11.1 Å². The predicted molar refractivity (Wildman–Crippen MR) is 115 cm³/mol. The number of carbonyl (C=O) groups excluding carboxylic acids is 1. The lowest BCUT2D eigenvalue weighted by Crippen LogP contribution is -2.13. The Labute approximate surface area is 171 Å². The average molecular weight is 406 g/mol. The number of rotatable bonds is 5. The largest absolute Gasteiger partial charge is 0.397 e. The Morgan fingerprint density at radius 2 is 1.90 bits per heavy atom. The Bertz CT molecular complexity index is 1200. The highest BCUT2D eigenvalue weighted by Crippen LogP contribution is 2.27. The van der Waals surface area contributed by atoms with Crippen LogP contribution >= 0.6 is 11.8 Å². The number of imidazole rings is 1. The Morgan fingerprint density at radius 3 is 2.66 bits per heavy atom. The van der Waals surface area contributed by atoms with E-state index in [9.17, 15) is 9.18 Å². The van der Waals surface area contributed by atoms with E-state index in [1.54, 1.807) is 36.4 Å². The summed E-state index contributed by atoms with van der Waals surface area (Å²) in [6.07, 6.45) is 0. The van der Waals surface area contributed by atoms with Gasteiger partial charge in [-0.25, -0.2) is 9.37 Å². The van der Waals surface area contributed by atoms with E-state index in [2.05, 4.69) is 10.3 Å². The van der Waals surface area contributed by atoms with Gasteiger partial charge in [0.25, 0.3) is 5.91 Å². The number of aryl methyl sites for hydroxylation is 1. The molecule has 5 nitrogen and oxygen atoms in total. The molecule has 0 aliphatic heterocycles. The van der Waals surface area contributed by atoms with E-state index < -0.39 is 11.7 Å². The van der Waals surface area contributed by atoms with Crippen molar-refractivity contribution in [2.45, 2.75) is 10.9 Å². The number of nitrogen functional groups attached to an aromatic ring is 1. The summed E-state index contributed by atoms with van der Waals surface area (Å²) in [6.45, 7) is 0. The van der Waals surface area contributed by atoms with Gasteiger partial charge in [-0.2, -0.15) is 0 Å². The molecule has 0 spiro atoms. The molecule has 1 heterocycles. The predicted octanol–water partition coefficient (Wildman–Crippen LogP) is 4.84. The maximum absolute atomic E-state index is 14.6. The molecule has 3 N–H and O–H groups in total. The number of thioether (sulfide) groups is 1. The summed E-state index contributed by atoms with van der Waals surface area (Å²) in [5.74, 6) is -0.419. The number of halogens is 1. The first-order valence-corrected chi connectivity index (χ1v) is 10.00. The van der Waals surface area contributed by atoms with Crippen LogP contribution in [-0.2, 0) is 12.8 Å². The van der Waals surface area contributed by atoms with Gasteiger partial charge in [-0.05, 0) is 42.0 Å². The van der Waals surface area contributed by atoms with Crippen LogP contribution in [0.1, 0.15) is 15.9 Å². The number of benzene rings is 3. The molecule has 0 unspecified atom stereocenters. The molecular weight excluding hydrogens is 387 g/mol. The molecule has 0 bridgehead atoms. The summed E-state index contributed by atoms with van der Waals surface area (Å²) >= 11 is 1.45.